The predicted molar refractivity (Wildman–Crippen MR) is 54.0 cm³/mol. The van der Waals surface area contributed by atoms with Gasteiger partial charge in [-0.3, -0.25) is 4.79 Å². The van der Waals surface area contributed by atoms with Gasteiger partial charge in [0.1, 0.15) is 6.04 Å². The van der Waals surface area contributed by atoms with Crippen molar-refractivity contribution >= 4 is 5.97 Å². The standard InChI is InChI=1S/C10H13NO4/c1-11-7(10(14)15)4-6-2-3-8(12)9(13)5-6/h2-3,5,7,11-13H,4H2,1H3,(H,14,15)/t7-/m0/s1/i1-1. The average Bonchev–Trinajstić information content (AvgIpc) is 2.19. The van der Waals surface area contributed by atoms with Crippen LogP contribution in [0.15, 0.2) is 18.2 Å². The smallest absolute Gasteiger partial charge is 0.321 e. The van der Waals surface area contributed by atoms with Crippen LogP contribution in [0, 0.1) is 0 Å². The first-order valence-electron chi connectivity index (χ1n) is 4.45. The summed E-state index contributed by atoms with van der Waals surface area (Å²) >= 11 is 0. The van der Waals surface area contributed by atoms with Crippen molar-refractivity contribution in [2.24, 2.45) is 0 Å². The largest absolute Gasteiger partial charge is 0.504 e. The molecule has 0 aliphatic carbocycles. The number of likely N-dealkylation sites (N-methyl/N-ethyl adjacent to an activating group) is 1. The van der Waals surface area contributed by atoms with Gasteiger partial charge in [0.2, 0.25) is 0 Å². The Kier molecular flexibility index (Phi) is 3.51. The number of nitrogens with one attached hydrogen (secondary N) is 1. The van der Waals surface area contributed by atoms with Crippen LogP contribution < -0.4 is 5.32 Å². The van der Waals surface area contributed by atoms with Crippen LogP contribution in [0.5, 0.6) is 11.5 Å². The topological polar surface area (TPSA) is 89.8 Å². The Morgan fingerprint density at radius 2 is 2.07 bits per heavy atom. The molecule has 1 aromatic rings. The summed E-state index contributed by atoms with van der Waals surface area (Å²) in [5.41, 5.74) is 0.645. The summed E-state index contributed by atoms with van der Waals surface area (Å²) < 4.78 is 0. The Bertz CT molecular complexity index is 364. The van der Waals surface area contributed by atoms with Crippen molar-refractivity contribution in [3.05, 3.63) is 23.8 Å². The van der Waals surface area contributed by atoms with E-state index in [9.17, 15) is 9.90 Å². The fourth-order valence-corrected chi connectivity index (χ4v) is 1.24. The minimum atomic E-state index is -0.954. The summed E-state index contributed by atoms with van der Waals surface area (Å²) in [5, 5.41) is 29.7. The maximum atomic E-state index is 10.7. The molecule has 0 aromatic heterocycles. The molecule has 0 saturated heterocycles. The van der Waals surface area contributed by atoms with E-state index in [2.05, 4.69) is 5.32 Å². The molecule has 0 aliphatic rings. The summed E-state index contributed by atoms with van der Waals surface area (Å²) in [6, 6.07) is 3.55. The monoisotopic (exact) mass is 210 g/mol. The molecule has 5 heteroatoms. The van der Waals surface area contributed by atoms with Gasteiger partial charge in [-0.25, -0.2) is 0 Å². The minimum absolute atomic E-state index is 0.213. The molecule has 0 fully saturated rings. The van der Waals surface area contributed by atoms with Gasteiger partial charge in [-0.05, 0) is 31.2 Å². The van der Waals surface area contributed by atoms with E-state index in [4.69, 9.17) is 10.2 Å². The van der Waals surface area contributed by atoms with Crippen LogP contribution >= 0.6 is 0 Å². The number of phenols is 2. The maximum Gasteiger partial charge on any atom is 0.321 e. The molecule has 1 rings (SSSR count). The SMILES string of the molecule is [11CH3]N[C@@H](Cc1ccc(O)c(O)c1)C(=O)O. The van der Waals surface area contributed by atoms with Crippen molar-refractivity contribution in [2.75, 3.05) is 7.05 Å². The predicted octanol–water partition coefficient (Wildman–Crippen LogP) is 0.313. The van der Waals surface area contributed by atoms with Crippen LogP contribution in [0.3, 0.4) is 0 Å². The summed E-state index contributed by atoms with van der Waals surface area (Å²) in [5.74, 6) is -1.41. The molecular formula is C10H13NO4. The van der Waals surface area contributed by atoms with E-state index in [0.717, 1.165) is 0 Å². The molecule has 0 saturated carbocycles. The fraction of sp³-hybridized carbons (Fsp3) is 0.300. The van der Waals surface area contributed by atoms with E-state index in [0.29, 0.717) is 5.56 Å². The number of aliphatic carboxylic acids is 1. The zero-order valence-electron chi connectivity index (χ0n) is 8.27. The number of phenolic OH excluding ortho intramolecular Hbond substituents is 2. The van der Waals surface area contributed by atoms with E-state index < -0.39 is 12.0 Å². The van der Waals surface area contributed by atoms with Crippen LogP contribution in [0.4, 0.5) is 0 Å². The number of benzene rings is 1. The lowest BCUT2D eigenvalue weighted by Crippen LogP contribution is -2.35. The molecule has 5 nitrogen and oxygen atoms in total. The zero-order valence-corrected chi connectivity index (χ0v) is 8.27. The highest BCUT2D eigenvalue weighted by Crippen LogP contribution is 2.25. The second kappa shape index (κ2) is 4.65. The van der Waals surface area contributed by atoms with Crippen LogP contribution in [0.1, 0.15) is 5.56 Å². The van der Waals surface area contributed by atoms with Crippen molar-refractivity contribution in [3.8, 4) is 11.5 Å². The van der Waals surface area contributed by atoms with E-state index in [-0.39, 0.29) is 17.9 Å². The minimum Gasteiger partial charge on any atom is -0.504 e. The summed E-state index contributed by atoms with van der Waals surface area (Å²) in [6.45, 7) is 0. The molecular weight excluding hydrogens is 197 g/mol. The lowest BCUT2D eigenvalue weighted by molar-refractivity contribution is -0.139. The summed E-state index contributed by atoms with van der Waals surface area (Å²) in [4.78, 5) is 10.7. The molecule has 0 heterocycles. The summed E-state index contributed by atoms with van der Waals surface area (Å²) in [7, 11) is 1.55. The number of carboxylic acid groups (broad SMARTS) is 1. The Morgan fingerprint density at radius 3 is 2.53 bits per heavy atom. The Balaban J connectivity index is 2.80. The number of carbonyl (C=O) groups is 1. The molecule has 82 valence electrons. The van der Waals surface area contributed by atoms with Gasteiger partial charge >= 0.3 is 5.97 Å². The molecule has 0 amide bonds. The second-order valence-corrected chi connectivity index (χ2v) is 3.21. The van der Waals surface area contributed by atoms with Gasteiger partial charge in [0, 0.05) is 0 Å². The van der Waals surface area contributed by atoms with Crippen molar-refractivity contribution in [2.45, 2.75) is 12.5 Å². The van der Waals surface area contributed by atoms with Crippen LogP contribution in [0.2, 0.25) is 0 Å². The quantitative estimate of drug-likeness (QED) is 0.537. The van der Waals surface area contributed by atoms with Crippen molar-refractivity contribution in [1.29, 1.82) is 0 Å². The van der Waals surface area contributed by atoms with Crippen molar-refractivity contribution in [1.82, 2.24) is 5.32 Å². The lowest BCUT2D eigenvalue weighted by Gasteiger charge is -2.11. The van der Waals surface area contributed by atoms with Gasteiger partial charge in [0.05, 0.1) is 0 Å². The van der Waals surface area contributed by atoms with E-state index in [1.54, 1.807) is 13.1 Å². The zero-order chi connectivity index (χ0) is 11.4. The average molecular weight is 210 g/mol. The molecule has 1 aromatic carbocycles. The third-order valence-electron chi connectivity index (χ3n) is 2.13. The van der Waals surface area contributed by atoms with Crippen LogP contribution in [-0.2, 0) is 11.2 Å². The number of hydrogen-bond donors (Lipinski definition) is 4. The Hall–Kier alpha value is -1.75. The van der Waals surface area contributed by atoms with Gasteiger partial charge in [0.25, 0.3) is 0 Å². The molecule has 0 aliphatic heterocycles. The van der Waals surface area contributed by atoms with Gasteiger partial charge in [0.15, 0.2) is 11.5 Å². The molecule has 4 N–H and O–H groups in total. The molecule has 0 bridgehead atoms. The highest BCUT2D eigenvalue weighted by Gasteiger charge is 2.15. The second-order valence-electron chi connectivity index (χ2n) is 3.21. The molecule has 0 radical (unpaired) electrons. The number of rotatable bonds is 4. The lowest BCUT2D eigenvalue weighted by atomic mass is 10.0. The van der Waals surface area contributed by atoms with E-state index in [1.165, 1.54) is 12.1 Å². The third kappa shape index (κ3) is 2.85. The first-order chi connectivity index (χ1) is 7.04. The fourth-order valence-electron chi connectivity index (χ4n) is 1.24. The van der Waals surface area contributed by atoms with Crippen LogP contribution in [-0.4, -0.2) is 34.4 Å². The molecule has 0 unspecified atom stereocenters. The van der Waals surface area contributed by atoms with Crippen molar-refractivity contribution < 1.29 is 20.1 Å². The first-order valence-corrected chi connectivity index (χ1v) is 4.45. The highest BCUT2D eigenvalue weighted by atomic mass is 16.4. The van der Waals surface area contributed by atoms with Gasteiger partial charge in [-0.1, -0.05) is 6.07 Å². The van der Waals surface area contributed by atoms with Crippen LogP contribution in [0.25, 0.3) is 0 Å². The highest BCUT2D eigenvalue weighted by molar-refractivity contribution is 5.73. The number of aromatic hydroxyl groups is 2. The van der Waals surface area contributed by atoms with Crippen molar-refractivity contribution in [3.63, 3.8) is 0 Å². The summed E-state index contributed by atoms with van der Waals surface area (Å²) in [6.07, 6.45) is 0.250. The first kappa shape index (κ1) is 11.3. The van der Waals surface area contributed by atoms with Gasteiger partial charge in [-0.15, -0.1) is 0 Å². The number of carboxylic acids is 1. The molecule has 1 atom stereocenters. The molecule has 0 spiro atoms. The van der Waals surface area contributed by atoms with E-state index in [1.807, 2.05) is 0 Å². The normalized spacial score (nSPS) is 12.3. The third-order valence-corrected chi connectivity index (χ3v) is 2.13. The Morgan fingerprint density at radius 1 is 1.40 bits per heavy atom. The van der Waals surface area contributed by atoms with E-state index >= 15 is 0 Å². The van der Waals surface area contributed by atoms with Gasteiger partial charge < -0.3 is 20.6 Å². The van der Waals surface area contributed by atoms with Gasteiger partial charge in [-0.2, -0.15) is 0 Å². The molecule has 15 heavy (non-hydrogen) atoms. The Labute approximate surface area is 87.0 Å². The number of hydrogen-bond acceptors (Lipinski definition) is 4. The maximum absolute atomic E-state index is 10.7.